The van der Waals surface area contributed by atoms with E-state index >= 15 is 0 Å². The number of hydrogen-bond donors (Lipinski definition) is 1. The Morgan fingerprint density at radius 2 is 2.10 bits per heavy atom. The van der Waals surface area contributed by atoms with Gasteiger partial charge in [0.25, 0.3) is 0 Å². The Balaban J connectivity index is 1.44. The molecule has 0 atom stereocenters. The van der Waals surface area contributed by atoms with Crippen molar-refractivity contribution in [3.05, 3.63) is 48.0 Å². The van der Waals surface area contributed by atoms with E-state index in [1.807, 2.05) is 54.8 Å². The van der Waals surface area contributed by atoms with Gasteiger partial charge in [0.15, 0.2) is 16.1 Å². The third kappa shape index (κ3) is 4.31. The van der Waals surface area contributed by atoms with Gasteiger partial charge in [0.1, 0.15) is 5.75 Å². The second-order valence-electron chi connectivity index (χ2n) is 6.61. The Kier molecular flexibility index (Phi) is 6.01. The monoisotopic (exact) mass is 439 g/mol. The van der Waals surface area contributed by atoms with Gasteiger partial charge in [-0.15, -0.1) is 10.2 Å². The summed E-state index contributed by atoms with van der Waals surface area (Å²) < 4.78 is 8.22. The van der Waals surface area contributed by atoms with E-state index in [-0.39, 0.29) is 11.7 Å². The number of amides is 1. The summed E-state index contributed by atoms with van der Waals surface area (Å²) in [6.07, 6.45) is 0. The Hall–Kier alpha value is -2.91. The molecule has 0 spiro atoms. The van der Waals surface area contributed by atoms with Crippen LogP contribution in [0.15, 0.2) is 47.6 Å². The van der Waals surface area contributed by atoms with Crippen molar-refractivity contribution in [2.24, 2.45) is 0 Å². The predicted octanol–water partition coefficient (Wildman–Crippen LogP) is 4.62. The molecule has 2 aromatic heterocycles. The van der Waals surface area contributed by atoms with Gasteiger partial charge >= 0.3 is 0 Å². The first-order valence-electron chi connectivity index (χ1n) is 9.45. The van der Waals surface area contributed by atoms with Gasteiger partial charge in [0, 0.05) is 12.1 Å². The molecule has 1 amide bonds. The number of benzene rings is 2. The molecule has 7 nitrogen and oxygen atoms in total. The molecule has 30 heavy (non-hydrogen) atoms. The molecule has 0 aliphatic carbocycles. The van der Waals surface area contributed by atoms with Crippen molar-refractivity contribution in [3.63, 3.8) is 0 Å². The van der Waals surface area contributed by atoms with Crippen LogP contribution in [-0.4, -0.2) is 38.5 Å². The van der Waals surface area contributed by atoms with E-state index < -0.39 is 0 Å². The van der Waals surface area contributed by atoms with Crippen LogP contribution >= 0.6 is 23.1 Å². The van der Waals surface area contributed by atoms with E-state index in [9.17, 15) is 4.79 Å². The van der Waals surface area contributed by atoms with Crippen LogP contribution in [0.3, 0.4) is 0 Å². The summed E-state index contributed by atoms with van der Waals surface area (Å²) in [7, 11) is 1.63. The maximum Gasteiger partial charge on any atom is 0.236 e. The fourth-order valence-electron chi connectivity index (χ4n) is 3.05. The summed E-state index contributed by atoms with van der Waals surface area (Å²) in [5.41, 5.74) is 3.02. The lowest BCUT2D eigenvalue weighted by molar-refractivity contribution is -0.113. The molecule has 4 aromatic rings. The third-order valence-electron chi connectivity index (χ3n) is 4.48. The Morgan fingerprint density at radius 1 is 1.23 bits per heavy atom. The van der Waals surface area contributed by atoms with Crippen LogP contribution in [0.25, 0.3) is 21.6 Å². The van der Waals surface area contributed by atoms with Crippen molar-refractivity contribution < 1.29 is 9.53 Å². The zero-order valence-electron chi connectivity index (χ0n) is 16.9. The number of aryl methyl sites for hydroxylation is 1. The highest BCUT2D eigenvalue weighted by atomic mass is 32.2. The molecule has 0 bridgehead atoms. The lowest BCUT2D eigenvalue weighted by Crippen LogP contribution is -2.14. The number of carbonyl (C=O) groups is 1. The van der Waals surface area contributed by atoms with Gasteiger partial charge < -0.3 is 14.6 Å². The minimum absolute atomic E-state index is 0.131. The number of aromatic nitrogens is 4. The fraction of sp³-hybridized carbons (Fsp3) is 0.238. The highest BCUT2D eigenvalue weighted by molar-refractivity contribution is 7.99. The van der Waals surface area contributed by atoms with E-state index in [1.165, 1.54) is 28.7 Å². The molecule has 9 heteroatoms. The maximum absolute atomic E-state index is 12.5. The van der Waals surface area contributed by atoms with Gasteiger partial charge in [-0.05, 0) is 38.1 Å². The summed E-state index contributed by atoms with van der Waals surface area (Å²) in [5, 5.41) is 12.8. The van der Waals surface area contributed by atoms with Gasteiger partial charge in [-0.3, -0.25) is 4.79 Å². The topological polar surface area (TPSA) is 81.9 Å². The smallest absolute Gasteiger partial charge is 0.236 e. The van der Waals surface area contributed by atoms with Crippen LogP contribution in [0, 0.1) is 6.92 Å². The number of thiazole rings is 1. The Labute approximate surface area is 182 Å². The zero-order chi connectivity index (χ0) is 21.1. The molecule has 154 valence electrons. The Morgan fingerprint density at radius 3 is 2.87 bits per heavy atom. The number of thioether (sulfide) groups is 1. The average molecular weight is 440 g/mol. The van der Waals surface area contributed by atoms with E-state index in [2.05, 4.69) is 26.6 Å². The second-order valence-corrected chi connectivity index (χ2v) is 8.58. The number of methoxy groups -OCH3 is 1. The van der Waals surface area contributed by atoms with Crippen molar-refractivity contribution in [2.75, 3.05) is 18.2 Å². The van der Waals surface area contributed by atoms with E-state index in [0.717, 1.165) is 39.1 Å². The minimum atomic E-state index is -0.131. The maximum atomic E-state index is 12.5. The molecule has 4 rings (SSSR count). The number of anilines is 1. The average Bonchev–Trinajstić information content (AvgIpc) is 3.34. The van der Waals surface area contributed by atoms with Crippen LogP contribution in [0.2, 0.25) is 0 Å². The molecule has 0 aliphatic heterocycles. The number of carbonyl (C=O) groups excluding carboxylic acids is 1. The van der Waals surface area contributed by atoms with E-state index in [0.29, 0.717) is 5.13 Å². The van der Waals surface area contributed by atoms with Crippen LogP contribution in [0.5, 0.6) is 5.75 Å². The summed E-state index contributed by atoms with van der Waals surface area (Å²) in [5.74, 6) is 1.67. The molecule has 0 unspecified atom stereocenters. The minimum Gasteiger partial charge on any atom is -0.497 e. The predicted molar refractivity (Wildman–Crippen MR) is 121 cm³/mol. The molecule has 1 N–H and O–H groups in total. The van der Waals surface area contributed by atoms with Crippen molar-refractivity contribution in [1.29, 1.82) is 0 Å². The number of ether oxygens (including phenoxy) is 1. The highest BCUT2D eigenvalue weighted by Crippen LogP contribution is 2.29. The lowest BCUT2D eigenvalue weighted by Gasteiger charge is -2.07. The number of rotatable bonds is 7. The molecule has 0 radical (unpaired) electrons. The van der Waals surface area contributed by atoms with Crippen LogP contribution in [0.4, 0.5) is 5.13 Å². The molecule has 0 fully saturated rings. The summed E-state index contributed by atoms with van der Waals surface area (Å²) in [6.45, 7) is 4.82. The Bertz CT molecular complexity index is 1200. The summed E-state index contributed by atoms with van der Waals surface area (Å²) in [6, 6.07) is 13.8. The van der Waals surface area contributed by atoms with Crippen molar-refractivity contribution in [1.82, 2.24) is 19.7 Å². The molecule has 0 saturated heterocycles. The molecule has 0 aliphatic rings. The van der Waals surface area contributed by atoms with Crippen LogP contribution in [0.1, 0.15) is 12.5 Å². The van der Waals surface area contributed by atoms with Gasteiger partial charge in [0.2, 0.25) is 5.91 Å². The summed E-state index contributed by atoms with van der Waals surface area (Å²) in [4.78, 5) is 16.9. The molecule has 0 saturated carbocycles. The summed E-state index contributed by atoms with van der Waals surface area (Å²) >= 11 is 2.79. The third-order valence-corrected chi connectivity index (χ3v) is 6.38. The first-order chi connectivity index (χ1) is 14.6. The SMILES string of the molecule is CCn1c(SCC(=O)Nc2nc3ccc(OC)cc3s2)nnc1-c1cccc(C)c1. The first-order valence-corrected chi connectivity index (χ1v) is 11.2. The largest absolute Gasteiger partial charge is 0.497 e. The van der Waals surface area contributed by atoms with E-state index in [1.54, 1.807) is 7.11 Å². The lowest BCUT2D eigenvalue weighted by atomic mass is 10.1. The number of nitrogens with one attached hydrogen (secondary N) is 1. The number of nitrogens with zero attached hydrogens (tertiary/aromatic N) is 4. The van der Waals surface area contributed by atoms with Crippen LogP contribution in [-0.2, 0) is 11.3 Å². The van der Waals surface area contributed by atoms with Crippen molar-refractivity contribution in [3.8, 4) is 17.1 Å². The van der Waals surface area contributed by atoms with E-state index in [4.69, 9.17) is 4.74 Å². The van der Waals surface area contributed by atoms with Crippen LogP contribution < -0.4 is 10.1 Å². The van der Waals surface area contributed by atoms with Gasteiger partial charge in [-0.25, -0.2) is 4.98 Å². The first kappa shape index (κ1) is 20.4. The molecule has 2 heterocycles. The molecular weight excluding hydrogens is 418 g/mol. The van der Waals surface area contributed by atoms with Gasteiger partial charge in [0.05, 0.1) is 23.1 Å². The molecule has 2 aromatic carbocycles. The second kappa shape index (κ2) is 8.85. The number of fused-ring (bicyclic) bond motifs is 1. The fourth-order valence-corrected chi connectivity index (χ4v) is 4.76. The van der Waals surface area contributed by atoms with Crippen molar-refractivity contribution >= 4 is 44.4 Å². The van der Waals surface area contributed by atoms with Gasteiger partial charge in [-0.1, -0.05) is 46.9 Å². The standard InChI is InChI=1S/C21H21N5O2S2/c1-4-26-19(14-7-5-6-13(2)10-14)24-25-21(26)29-12-18(27)23-20-22-16-9-8-15(28-3)11-17(16)30-20/h5-11H,4,12H2,1-3H3,(H,22,23,27). The number of hydrogen-bond acceptors (Lipinski definition) is 7. The molecular formula is C21H21N5O2S2. The highest BCUT2D eigenvalue weighted by Gasteiger charge is 2.15. The normalized spacial score (nSPS) is 11.0. The van der Waals surface area contributed by atoms with Gasteiger partial charge in [-0.2, -0.15) is 0 Å². The quantitative estimate of drug-likeness (QED) is 0.423. The zero-order valence-corrected chi connectivity index (χ0v) is 18.5. The van der Waals surface area contributed by atoms with Crippen molar-refractivity contribution in [2.45, 2.75) is 25.5 Å².